The minimum absolute atomic E-state index is 0.132. The quantitative estimate of drug-likeness (QED) is 0.842. The highest BCUT2D eigenvalue weighted by molar-refractivity contribution is 4.97. The van der Waals surface area contributed by atoms with E-state index in [9.17, 15) is 5.11 Å². The van der Waals surface area contributed by atoms with E-state index in [4.69, 9.17) is 0 Å². The Hall–Kier alpha value is -1.01. The predicted molar refractivity (Wildman–Crippen MR) is 79.8 cm³/mol. The molecule has 1 aromatic rings. The first-order chi connectivity index (χ1) is 10.1. The number of nitrogens with zero attached hydrogens (tertiary/aromatic N) is 5. The van der Waals surface area contributed by atoms with Crippen LogP contribution in [0.5, 0.6) is 0 Å². The van der Waals surface area contributed by atoms with Crippen molar-refractivity contribution in [3.8, 4) is 0 Å². The van der Waals surface area contributed by atoms with E-state index >= 15 is 0 Å². The molecule has 0 saturated heterocycles. The second-order valence-electron chi connectivity index (χ2n) is 6.94. The van der Waals surface area contributed by atoms with Gasteiger partial charge in [0.05, 0.1) is 17.7 Å². The lowest BCUT2D eigenvalue weighted by Gasteiger charge is -2.34. The maximum Gasteiger partial charge on any atom is 0.168 e. The second-order valence-corrected chi connectivity index (χ2v) is 6.94. The summed E-state index contributed by atoms with van der Waals surface area (Å²) in [4.78, 5) is 2.20. The average molecular weight is 293 g/mol. The third-order valence-electron chi connectivity index (χ3n) is 5.02. The summed E-state index contributed by atoms with van der Waals surface area (Å²) in [6.07, 6.45) is 8.96. The first-order valence-electron chi connectivity index (χ1n) is 8.29. The molecule has 1 heterocycles. The molecule has 0 radical (unpaired) electrons. The van der Waals surface area contributed by atoms with Crippen molar-refractivity contribution in [1.82, 2.24) is 25.1 Å². The van der Waals surface area contributed by atoms with Crippen molar-refractivity contribution in [1.29, 1.82) is 0 Å². The number of aromatic nitrogens is 4. The van der Waals surface area contributed by atoms with Gasteiger partial charge in [0.2, 0.25) is 0 Å². The van der Waals surface area contributed by atoms with Crippen LogP contribution in [0.2, 0.25) is 0 Å². The van der Waals surface area contributed by atoms with Crippen LogP contribution in [-0.4, -0.2) is 49.4 Å². The van der Waals surface area contributed by atoms with E-state index in [0.29, 0.717) is 12.6 Å². The molecule has 6 heteroatoms. The summed E-state index contributed by atoms with van der Waals surface area (Å²) in [7, 11) is 2.07. The summed E-state index contributed by atoms with van der Waals surface area (Å²) < 4.78 is 1.97. The highest BCUT2D eigenvalue weighted by atomic mass is 16.3. The highest BCUT2D eigenvalue weighted by Crippen LogP contribution is 2.36. The largest absolute Gasteiger partial charge is 0.389 e. The highest BCUT2D eigenvalue weighted by Gasteiger charge is 2.34. The molecule has 0 aromatic carbocycles. The SMILES string of the molecule is CC(c1nnnn1C1CC1)N(C)CC1(O)CCCCCC1. The maximum absolute atomic E-state index is 10.9. The van der Waals surface area contributed by atoms with Crippen LogP contribution >= 0.6 is 0 Å². The number of hydrogen-bond donors (Lipinski definition) is 1. The van der Waals surface area contributed by atoms with Crippen LogP contribution in [-0.2, 0) is 0 Å². The van der Waals surface area contributed by atoms with E-state index < -0.39 is 5.60 Å². The number of likely N-dealkylation sites (N-methyl/N-ethyl adjacent to an activating group) is 1. The van der Waals surface area contributed by atoms with Gasteiger partial charge >= 0.3 is 0 Å². The van der Waals surface area contributed by atoms with Gasteiger partial charge in [0.15, 0.2) is 5.82 Å². The Morgan fingerprint density at radius 3 is 2.57 bits per heavy atom. The average Bonchev–Trinajstić information content (AvgIpc) is 3.22. The fourth-order valence-corrected chi connectivity index (χ4v) is 3.40. The minimum atomic E-state index is -0.544. The molecule has 2 aliphatic rings. The fraction of sp³-hybridized carbons (Fsp3) is 0.933. The van der Waals surface area contributed by atoms with Gasteiger partial charge in [0.25, 0.3) is 0 Å². The van der Waals surface area contributed by atoms with Crippen molar-refractivity contribution in [3.63, 3.8) is 0 Å². The van der Waals surface area contributed by atoms with Gasteiger partial charge in [-0.1, -0.05) is 25.7 Å². The Labute approximate surface area is 126 Å². The molecule has 2 saturated carbocycles. The standard InChI is InChI=1S/C15H27N5O/c1-12(14-16-17-18-20(14)13-7-8-13)19(2)11-15(21)9-5-3-4-6-10-15/h12-13,21H,3-11H2,1-2H3. The smallest absolute Gasteiger partial charge is 0.168 e. The summed E-state index contributed by atoms with van der Waals surface area (Å²) in [5, 5.41) is 23.0. The zero-order chi connectivity index (χ0) is 14.9. The van der Waals surface area contributed by atoms with Crippen molar-refractivity contribution >= 4 is 0 Å². The molecular formula is C15H27N5O. The molecule has 1 atom stereocenters. The molecule has 1 aromatic heterocycles. The molecule has 1 N–H and O–H groups in total. The van der Waals surface area contributed by atoms with Crippen LogP contribution in [0, 0.1) is 0 Å². The molecule has 3 rings (SSSR count). The van der Waals surface area contributed by atoms with Crippen LogP contribution in [0.3, 0.4) is 0 Å². The van der Waals surface area contributed by atoms with Crippen LogP contribution < -0.4 is 0 Å². The van der Waals surface area contributed by atoms with Crippen molar-refractivity contribution < 1.29 is 5.11 Å². The van der Waals surface area contributed by atoms with Gasteiger partial charge in [-0.2, -0.15) is 0 Å². The predicted octanol–water partition coefficient (Wildman–Crippen LogP) is 2.09. The lowest BCUT2D eigenvalue weighted by molar-refractivity contribution is -0.0127. The lowest BCUT2D eigenvalue weighted by atomic mass is 9.93. The minimum Gasteiger partial charge on any atom is -0.389 e. The lowest BCUT2D eigenvalue weighted by Crippen LogP contribution is -2.42. The van der Waals surface area contributed by atoms with Crippen LogP contribution in [0.4, 0.5) is 0 Å². The summed E-state index contributed by atoms with van der Waals surface area (Å²) in [5.74, 6) is 0.928. The van der Waals surface area contributed by atoms with E-state index in [1.807, 2.05) is 4.68 Å². The van der Waals surface area contributed by atoms with E-state index in [1.165, 1.54) is 25.7 Å². The summed E-state index contributed by atoms with van der Waals surface area (Å²) >= 11 is 0. The van der Waals surface area contributed by atoms with Crippen molar-refractivity contribution in [3.05, 3.63) is 5.82 Å². The Kier molecular flexibility index (Phi) is 4.26. The number of aliphatic hydroxyl groups is 1. The van der Waals surface area contributed by atoms with Gasteiger partial charge in [0, 0.05) is 6.54 Å². The number of rotatable bonds is 5. The van der Waals surface area contributed by atoms with E-state index in [1.54, 1.807) is 0 Å². The van der Waals surface area contributed by atoms with Crippen LogP contribution in [0.1, 0.15) is 76.2 Å². The first-order valence-corrected chi connectivity index (χ1v) is 8.29. The van der Waals surface area contributed by atoms with Gasteiger partial charge in [0.1, 0.15) is 0 Å². The zero-order valence-corrected chi connectivity index (χ0v) is 13.2. The zero-order valence-electron chi connectivity index (χ0n) is 13.2. The molecule has 0 bridgehead atoms. The van der Waals surface area contributed by atoms with Gasteiger partial charge in [-0.3, -0.25) is 4.90 Å². The summed E-state index contributed by atoms with van der Waals surface area (Å²) in [6.45, 7) is 2.83. The number of hydrogen-bond acceptors (Lipinski definition) is 5. The Bertz CT molecular complexity index is 462. The molecule has 2 fully saturated rings. The molecule has 21 heavy (non-hydrogen) atoms. The normalized spacial score (nSPS) is 24.0. The first kappa shape index (κ1) is 14.9. The second kappa shape index (κ2) is 6.01. The van der Waals surface area contributed by atoms with Gasteiger partial charge in [-0.15, -0.1) is 5.10 Å². The summed E-state index contributed by atoms with van der Waals surface area (Å²) in [6, 6.07) is 0.625. The Balaban J connectivity index is 1.66. The van der Waals surface area contributed by atoms with Crippen LogP contribution in [0.25, 0.3) is 0 Å². The van der Waals surface area contributed by atoms with E-state index in [-0.39, 0.29) is 6.04 Å². The van der Waals surface area contributed by atoms with Gasteiger partial charge in [-0.25, -0.2) is 4.68 Å². The molecular weight excluding hydrogens is 266 g/mol. The fourth-order valence-electron chi connectivity index (χ4n) is 3.40. The van der Waals surface area contributed by atoms with Crippen molar-refractivity contribution in [2.24, 2.45) is 0 Å². The third-order valence-corrected chi connectivity index (χ3v) is 5.02. The third kappa shape index (κ3) is 3.43. The van der Waals surface area contributed by atoms with Crippen molar-refractivity contribution in [2.45, 2.75) is 76.0 Å². The van der Waals surface area contributed by atoms with Crippen LogP contribution in [0.15, 0.2) is 0 Å². The Morgan fingerprint density at radius 2 is 1.95 bits per heavy atom. The monoisotopic (exact) mass is 293 g/mol. The Morgan fingerprint density at radius 1 is 1.29 bits per heavy atom. The van der Waals surface area contributed by atoms with E-state index in [0.717, 1.165) is 31.5 Å². The van der Waals surface area contributed by atoms with Gasteiger partial charge in [-0.05, 0) is 50.1 Å². The molecule has 1 unspecified atom stereocenters. The van der Waals surface area contributed by atoms with E-state index in [2.05, 4.69) is 34.4 Å². The molecule has 0 spiro atoms. The molecule has 2 aliphatic carbocycles. The number of tetrazole rings is 1. The maximum atomic E-state index is 10.9. The summed E-state index contributed by atoms with van der Waals surface area (Å²) in [5.41, 5.74) is -0.544. The molecule has 0 aliphatic heterocycles. The molecule has 0 amide bonds. The molecule has 118 valence electrons. The van der Waals surface area contributed by atoms with Crippen molar-refractivity contribution in [2.75, 3.05) is 13.6 Å². The topological polar surface area (TPSA) is 67.1 Å². The van der Waals surface area contributed by atoms with Gasteiger partial charge < -0.3 is 5.11 Å². The molecule has 6 nitrogen and oxygen atoms in total.